The number of rotatable bonds is 10. The zero-order valence-electron chi connectivity index (χ0n) is 20.8. The highest BCUT2D eigenvalue weighted by atomic mass is 79.9. The summed E-state index contributed by atoms with van der Waals surface area (Å²) < 4.78 is 16.9. The third kappa shape index (κ3) is 7.14. The largest absolute Gasteiger partial charge is 0.490 e. The molecule has 37 heavy (non-hydrogen) atoms. The highest BCUT2D eigenvalue weighted by Gasteiger charge is 2.41. The van der Waals surface area contributed by atoms with Crippen LogP contribution in [0.2, 0.25) is 0 Å². The number of halogens is 1. The van der Waals surface area contributed by atoms with Gasteiger partial charge in [-0.2, -0.15) is 0 Å². The number of esters is 1. The summed E-state index contributed by atoms with van der Waals surface area (Å²) in [5, 5.41) is 2.21. The van der Waals surface area contributed by atoms with Crippen LogP contribution in [-0.2, 0) is 19.1 Å². The van der Waals surface area contributed by atoms with Crippen molar-refractivity contribution >= 4 is 62.5 Å². The number of hydrogen-bond acceptors (Lipinski definition) is 8. The molecular formula is C26H27BrN2O7S. The Morgan fingerprint density at radius 2 is 1.76 bits per heavy atom. The van der Waals surface area contributed by atoms with Crippen LogP contribution in [0.3, 0.4) is 0 Å². The number of ether oxygens (including phenoxy) is 3. The van der Waals surface area contributed by atoms with Gasteiger partial charge in [-0.05, 0) is 75.4 Å². The molecule has 0 radical (unpaired) electrons. The Balaban J connectivity index is 1.77. The van der Waals surface area contributed by atoms with Crippen molar-refractivity contribution in [1.29, 1.82) is 0 Å². The molecule has 1 aliphatic heterocycles. The van der Waals surface area contributed by atoms with Crippen LogP contribution in [0.1, 0.15) is 31.9 Å². The molecule has 1 heterocycles. The number of imide groups is 1. The molecule has 0 unspecified atom stereocenters. The number of nitrogens with one attached hydrogen (secondary N) is 1. The van der Waals surface area contributed by atoms with Gasteiger partial charge in [-0.3, -0.25) is 19.3 Å². The molecule has 2 aromatic carbocycles. The van der Waals surface area contributed by atoms with Gasteiger partial charge in [0.2, 0.25) is 0 Å². The number of aryl methyl sites for hydroxylation is 1. The summed E-state index contributed by atoms with van der Waals surface area (Å²) in [7, 11) is 0. The molecular weight excluding hydrogens is 564 g/mol. The van der Waals surface area contributed by atoms with Crippen LogP contribution < -0.4 is 14.8 Å². The van der Waals surface area contributed by atoms with Crippen molar-refractivity contribution < 1.29 is 33.4 Å². The highest BCUT2D eigenvalue weighted by Crippen LogP contribution is 2.38. The van der Waals surface area contributed by atoms with E-state index in [0.29, 0.717) is 33.8 Å². The molecule has 1 atom stereocenters. The van der Waals surface area contributed by atoms with Gasteiger partial charge in [0, 0.05) is 10.2 Å². The SMILES string of the molecule is CCOC(=O)[C@H](C)N1C(=O)S/C(=C/c2cc(OCC)c(OCC(=O)Nc3ccc(C)cc3)cc2Br)C1=O. The van der Waals surface area contributed by atoms with Gasteiger partial charge in [0.25, 0.3) is 17.1 Å². The summed E-state index contributed by atoms with van der Waals surface area (Å²) in [4.78, 5) is 50.8. The van der Waals surface area contributed by atoms with E-state index in [0.717, 1.165) is 22.2 Å². The van der Waals surface area contributed by atoms with E-state index in [2.05, 4.69) is 21.2 Å². The van der Waals surface area contributed by atoms with E-state index in [-0.39, 0.29) is 24.0 Å². The van der Waals surface area contributed by atoms with E-state index >= 15 is 0 Å². The number of thioether (sulfide) groups is 1. The molecule has 0 aromatic heterocycles. The second-order valence-electron chi connectivity index (χ2n) is 7.94. The summed E-state index contributed by atoms with van der Waals surface area (Å²) in [5.74, 6) is -0.892. The van der Waals surface area contributed by atoms with Gasteiger partial charge in [-0.1, -0.05) is 33.6 Å². The molecule has 3 amide bonds. The summed E-state index contributed by atoms with van der Waals surface area (Å²) in [5.41, 5.74) is 2.29. The maximum Gasteiger partial charge on any atom is 0.329 e. The van der Waals surface area contributed by atoms with Crippen LogP contribution >= 0.6 is 27.7 Å². The van der Waals surface area contributed by atoms with E-state index in [4.69, 9.17) is 14.2 Å². The number of amides is 3. The second kappa shape index (κ2) is 12.8. The van der Waals surface area contributed by atoms with Gasteiger partial charge >= 0.3 is 5.97 Å². The van der Waals surface area contributed by atoms with Crippen LogP contribution in [0.4, 0.5) is 10.5 Å². The lowest BCUT2D eigenvalue weighted by Crippen LogP contribution is -2.42. The van der Waals surface area contributed by atoms with E-state index in [1.807, 2.05) is 19.1 Å². The predicted molar refractivity (Wildman–Crippen MR) is 145 cm³/mol. The molecule has 0 spiro atoms. The van der Waals surface area contributed by atoms with Gasteiger partial charge in [0.15, 0.2) is 18.1 Å². The van der Waals surface area contributed by atoms with E-state index in [1.54, 1.807) is 38.1 Å². The van der Waals surface area contributed by atoms with Crippen molar-refractivity contribution in [3.8, 4) is 11.5 Å². The number of benzene rings is 2. The number of carbonyl (C=O) groups is 4. The van der Waals surface area contributed by atoms with Crippen LogP contribution in [-0.4, -0.2) is 53.8 Å². The van der Waals surface area contributed by atoms with Crippen LogP contribution in [0.5, 0.6) is 11.5 Å². The van der Waals surface area contributed by atoms with Crippen molar-refractivity contribution in [2.45, 2.75) is 33.7 Å². The first-order valence-electron chi connectivity index (χ1n) is 11.5. The quantitative estimate of drug-likeness (QED) is 0.298. The molecule has 1 fully saturated rings. The number of hydrogen-bond donors (Lipinski definition) is 1. The fourth-order valence-electron chi connectivity index (χ4n) is 3.34. The lowest BCUT2D eigenvalue weighted by atomic mass is 10.1. The van der Waals surface area contributed by atoms with Crippen molar-refractivity contribution in [2.75, 3.05) is 25.1 Å². The molecule has 9 nitrogen and oxygen atoms in total. The molecule has 3 rings (SSSR count). The van der Waals surface area contributed by atoms with Crippen molar-refractivity contribution in [3.63, 3.8) is 0 Å². The maximum atomic E-state index is 12.9. The van der Waals surface area contributed by atoms with Crippen LogP contribution in [0, 0.1) is 6.92 Å². The first-order valence-corrected chi connectivity index (χ1v) is 13.1. The third-order valence-electron chi connectivity index (χ3n) is 5.18. The monoisotopic (exact) mass is 590 g/mol. The average molecular weight is 591 g/mol. The van der Waals surface area contributed by atoms with Crippen molar-refractivity contribution in [3.05, 3.63) is 56.9 Å². The zero-order valence-corrected chi connectivity index (χ0v) is 23.2. The normalized spacial score (nSPS) is 15.1. The fraction of sp³-hybridized carbons (Fsp3) is 0.308. The Labute approximate surface area is 227 Å². The summed E-state index contributed by atoms with van der Waals surface area (Å²) >= 11 is 4.19. The smallest absolute Gasteiger partial charge is 0.329 e. The molecule has 1 saturated heterocycles. The van der Waals surface area contributed by atoms with Gasteiger partial charge in [0.1, 0.15) is 6.04 Å². The second-order valence-corrected chi connectivity index (χ2v) is 9.78. The standard InChI is InChI=1S/C26H27BrN2O7S/c1-5-34-20-11-17(12-22-24(31)29(26(33)37-22)16(4)25(32)35-6-2)19(27)13-21(20)36-14-23(30)28-18-9-7-15(3)8-10-18/h7-13,16H,5-6,14H2,1-4H3,(H,28,30)/b22-12+/t16-/m0/s1. The van der Waals surface area contributed by atoms with E-state index < -0.39 is 23.2 Å². The summed E-state index contributed by atoms with van der Waals surface area (Å²) in [6.45, 7) is 7.09. The first-order chi connectivity index (χ1) is 17.6. The Bertz CT molecular complexity index is 1230. The summed E-state index contributed by atoms with van der Waals surface area (Å²) in [6, 6.07) is 9.63. The average Bonchev–Trinajstić information content (AvgIpc) is 3.13. The molecule has 0 saturated carbocycles. The van der Waals surface area contributed by atoms with Crippen LogP contribution in [0.15, 0.2) is 45.8 Å². The van der Waals surface area contributed by atoms with Gasteiger partial charge in [-0.15, -0.1) is 0 Å². The molecule has 0 bridgehead atoms. The Kier molecular flexibility index (Phi) is 9.76. The zero-order chi connectivity index (χ0) is 27.1. The van der Waals surface area contributed by atoms with Crippen LogP contribution in [0.25, 0.3) is 6.08 Å². The van der Waals surface area contributed by atoms with Gasteiger partial charge < -0.3 is 19.5 Å². The number of carbonyl (C=O) groups excluding carboxylic acids is 4. The van der Waals surface area contributed by atoms with Crippen molar-refractivity contribution in [2.24, 2.45) is 0 Å². The molecule has 2 aromatic rings. The van der Waals surface area contributed by atoms with E-state index in [1.165, 1.54) is 13.0 Å². The first kappa shape index (κ1) is 28.3. The number of nitrogens with zero attached hydrogens (tertiary/aromatic N) is 1. The Hall–Kier alpha value is -3.31. The van der Waals surface area contributed by atoms with Crippen molar-refractivity contribution in [1.82, 2.24) is 4.90 Å². The highest BCUT2D eigenvalue weighted by molar-refractivity contribution is 9.10. The Morgan fingerprint density at radius 1 is 1.08 bits per heavy atom. The molecule has 196 valence electrons. The predicted octanol–water partition coefficient (Wildman–Crippen LogP) is 5.16. The molecule has 0 aliphatic carbocycles. The minimum atomic E-state index is -1.04. The maximum absolute atomic E-state index is 12.9. The summed E-state index contributed by atoms with van der Waals surface area (Å²) in [6.07, 6.45) is 1.53. The topological polar surface area (TPSA) is 111 Å². The molecule has 1 N–H and O–H groups in total. The fourth-order valence-corrected chi connectivity index (χ4v) is 4.68. The van der Waals surface area contributed by atoms with E-state index in [9.17, 15) is 19.2 Å². The lowest BCUT2D eigenvalue weighted by molar-refractivity contribution is -0.150. The van der Waals surface area contributed by atoms with Gasteiger partial charge in [-0.25, -0.2) is 4.79 Å². The minimum Gasteiger partial charge on any atom is -0.490 e. The lowest BCUT2D eigenvalue weighted by Gasteiger charge is -2.19. The molecule has 11 heteroatoms. The third-order valence-corrected chi connectivity index (χ3v) is 6.75. The molecule has 1 aliphatic rings. The van der Waals surface area contributed by atoms with Gasteiger partial charge in [0.05, 0.1) is 18.1 Å². The minimum absolute atomic E-state index is 0.143. The number of anilines is 1. The Morgan fingerprint density at radius 3 is 2.41 bits per heavy atom.